The number of likely N-dealkylation sites (N-methyl/N-ethyl adjacent to an activating group) is 1. The molecule has 10 heteroatoms. The van der Waals surface area contributed by atoms with Crippen LogP contribution in [0.1, 0.15) is 43.0 Å². The van der Waals surface area contributed by atoms with Crippen LogP contribution in [-0.4, -0.2) is 58.3 Å². The number of rotatable bonds is 9. The standard InChI is InChI=1S/C18H25N5O3S2/c1-3-4-5-6-10-27-18-21-20-17(28-18)23(25)13-22(2)12-15(23)26-16(24)14-8-7-9-19-11-14/h7-9,11,15H,3-6,10,12-13H2,1-2H3. The molecule has 2 unspecified atom stereocenters. The molecule has 0 aromatic carbocycles. The zero-order valence-corrected chi connectivity index (χ0v) is 17.7. The Balaban J connectivity index is 1.66. The molecule has 152 valence electrons. The fraction of sp³-hybridized carbons (Fsp3) is 0.556. The summed E-state index contributed by atoms with van der Waals surface area (Å²) in [5, 5.41) is 22.2. The van der Waals surface area contributed by atoms with Crippen molar-refractivity contribution in [1.29, 1.82) is 0 Å². The summed E-state index contributed by atoms with van der Waals surface area (Å²) in [6.45, 7) is 2.70. The van der Waals surface area contributed by atoms with E-state index in [0.29, 0.717) is 17.2 Å². The maximum absolute atomic E-state index is 13.5. The molecule has 8 nitrogen and oxygen atoms in total. The van der Waals surface area contributed by atoms with Gasteiger partial charge in [-0.1, -0.05) is 43.0 Å². The van der Waals surface area contributed by atoms with E-state index < -0.39 is 16.8 Å². The second kappa shape index (κ2) is 9.75. The number of thioether (sulfide) groups is 1. The smallest absolute Gasteiger partial charge is 0.344 e. The minimum absolute atomic E-state index is 0.167. The lowest BCUT2D eigenvalue weighted by Gasteiger charge is -2.38. The molecule has 28 heavy (non-hydrogen) atoms. The number of nitrogens with zero attached hydrogens (tertiary/aromatic N) is 5. The topological polar surface area (TPSA) is 91.3 Å². The third kappa shape index (κ3) is 5.06. The number of hydroxylamine groups is 2. The van der Waals surface area contributed by atoms with E-state index >= 15 is 0 Å². The number of hydrogen-bond donors (Lipinski definition) is 0. The van der Waals surface area contributed by atoms with E-state index in [4.69, 9.17) is 4.74 Å². The monoisotopic (exact) mass is 423 g/mol. The number of hydrogen-bond acceptors (Lipinski definition) is 9. The van der Waals surface area contributed by atoms with Gasteiger partial charge in [-0.2, -0.15) is 0 Å². The Morgan fingerprint density at radius 2 is 2.29 bits per heavy atom. The fourth-order valence-corrected chi connectivity index (χ4v) is 4.97. The van der Waals surface area contributed by atoms with Crippen LogP contribution in [0.3, 0.4) is 0 Å². The summed E-state index contributed by atoms with van der Waals surface area (Å²) >= 11 is 2.92. The lowest BCUT2D eigenvalue weighted by molar-refractivity contribution is 0.00555. The molecule has 0 saturated carbocycles. The van der Waals surface area contributed by atoms with Crippen LogP contribution in [0.4, 0.5) is 5.13 Å². The first-order valence-electron chi connectivity index (χ1n) is 9.38. The Morgan fingerprint density at radius 1 is 1.43 bits per heavy atom. The molecule has 0 N–H and O–H groups in total. The van der Waals surface area contributed by atoms with Crippen molar-refractivity contribution in [3.63, 3.8) is 0 Å². The lowest BCUT2D eigenvalue weighted by Crippen LogP contribution is -2.50. The summed E-state index contributed by atoms with van der Waals surface area (Å²) in [7, 11) is 1.83. The molecule has 3 rings (SSSR count). The molecular formula is C18H25N5O3S2. The summed E-state index contributed by atoms with van der Waals surface area (Å²) in [4.78, 5) is 18.2. The van der Waals surface area contributed by atoms with Gasteiger partial charge in [0.15, 0.2) is 4.34 Å². The van der Waals surface area contributed by atoms with Crippen molar-refractivity contribution in [3.05, 3.63) is 35.3 Å². The zero-order chi connectivity index (χ0) is 20.0. The Morgan fingerprint density at radius 3 is 3.04 bits per heavy atom. The second-order valence-corrected chi connectivity index (χ2v) is 9.13. The van der Waals surface area contributed by atoms with Crippen molar-refractivity contribution < 1.29 is 9.53 Å². The molecule has 2 atom stereocenters. The highest BCUT2D eigenvalue weighted by Gasteiger charge is 2.45. The first-order valence-corrected chi connectivity index (χ1v) is 11.2. The average molecular weight is 424 g/mol. The second-order valence-electron chi connectivity index (χ2n) is 6.84. The number of carbonyl (C=O) groups excluding carboxylic acids is 1. The molecule has 0 amide bonds. The van der Waals surface area contributed by atoms with Gasteiger partial charge in [0.2, 0.25) is 0 Å². The van der Waals surface area contributed by atoms with E-state index in [1.807, 2.05) is 11.9 Å². The highest BCUT2D eigenvalue weighted by molar-refractivity contribution is 8.01. The number of esters is 1. The molecule has 0 bridgehead atoms. The molecule has 1 aliphatic heterocycles. The van der Waals surface area contributed by atoms with Gasteiger partial charge in [-0.25, -0.2) is 9.69 Å². The summed E-state index contributed by atoms with van der Waals surface area (Å²) in [6, 6.07) is 3.27. The van der Waals surface area contributed by atoms with Gasteiger partial charge in [-0.15, -0.1) is 5.10 Å². The Labute approximate surface area is 173 Å². The zero-order valence-electron chi connectivity index (χ0n) is 16.1. The van der Waals surface area contributed by atoms with Crippen LogP contribution in [0.5, 0.6) is 0 Å². The molecule has 0 radical (unpaired) electrons. The number of pyridine rings is 1. The molecule has 0 aliphatic carbocycles. The maximum atomic E-state index is 13.5. The normalized spacial score (nSPS) is 22.5. The quantitative estimate of drug-likeness (QED) is 0.199. The number of aromatic nitrogens is 3. The van der Waals surface area contributed by atoms with Gasteiger partial charge in [0.25, 0.3) is 6.23 Å². The van der Waals surface area contributed by atoms with Gasteiger partial charge in [-0.3, -0.25) is 9.63 Å². The van der Waals surface area contributed by atoms with E-state index in [1.165, 1.54) is 36.8 Å². The SMILES string of the molecule is CCCCCCSc1nnc([N+]2([O-])CN(C)CC2OC(=O)c2cccnc2)s1. The van der Waals surface area contributed by atoms with Gasteiger partial charge in [0.05, 0.1) is 12.1 Å². The van der Waals surface area contributed by atoms with Crippen LogP contribution in [0, 0.1) is 5.21 Å². The Kier molecular flexibility index (Phi) is 7.36. The van der Waals surface area contributed by atoms with Crippen LogP contribution in [0.2, 0.25) is 0 Å². The minimum atomic E-state index is -0.881. The predicted molar refractivity (Wildman–Crippen MR) is 111 cm³/mol. The van der Waals surface area contributed by atoms with Crippen molar-refractivity contribution in [2.75, 3.05) is 26.0 Å². The van der Waals surface area contributed by atoms with Crippen LogP contribution < -0.4 is 4.65 Å². The molecule has 3 heterocycles. The molecule has 1 fully saturated rings. The largest absolute Gasteiger partial charge is 0.622 e. The Bertz CT molecular complexity index is 776. The summed E-state index contributed by atoms with van der Waals surface area (Å²) in [5.41, 5.74) is 0.323. The van der Waals surface area contributed by atoms with Crippen molar-refractivity contribution in [2.24, 2.45) is 0 Å². The maximum Gasteiger partial charge on any atom is 0.344 e. The lowest BCUT2D eigenvalue weighted by atomic mass is 10.2. The van der Waals surface area contributed by atoms with Gasteiger partial charge in [0.1, 0.15) is 6.67 Å². The number of quaternary nitrogens is 1. The Hall–Kier alpha value is -1.59. The van der Waals surface area contributed by atoms with E-state index in [9.17, 15) is 10.0 Å². The van der Waals surface area contributed by atoms with Crippen LogP contribution in [0.15, 0.2) is 28.9 Å². The van der Waals surface area contributed by atoms with Gasteiger partial charge >= 0.3 is 11.1 Å². The highest BCUT2D eigenvalue weighted by atomic mass is 32.2. The number of ether oxygens (including phenoxy) is 1. The number of carbonyl (C=O) groups is 1. The van der Waals surface area contributed by atoms with Crippen molar-refractivity contribution in [2.45, 2.75) is 43.2 Å². The third-order valence-corrected chi connectivity index (χ3v) is 6.72. The summed E-state index contributed by atoms with van der Waals surface area (Å²) < 4.78 is 5.50. The van der Waals surface area contributed by atoms with Gasteiger partial charge in [-0.05, 0) is 36.9 Å². The van der Waals surface area contributed by atoms with E-state index in [0.717, 1.165) is 16.5 Å². The fourth-order valence-electron chi connectivity index (χ4n) is 2.99. The van der Waals surface area contributed by atoms with E-state index in [1.54, 1.807) is 30.1 Å². The first-order chi connectivity index (χ1) is 13.5. The van der Waals surface area contributed by atoms with Gasteiger partial charge in [0, 0.05) is 18.1 Å². The summed E-state index contributed by atoms with van der Waals surface area (Å²) in [5.74, 6) is 0.411. The minimum Gasteiger partial charge on any atom is -0.622 e. The van der Waals surface area contributed by atoms with E-state index in [-0.39, 0.29) is 6.67 Å². The molecular weight excluding hydrogens is 398 g/mol. The van der Waals surface area contributed by atoms with Crippen LogP contribution in [-0.2, 0) is 4.74 Å². The average Bonchev–Trinajstić information content (AvgIpc) is 3.27. The molecule has 2 aromatic heterocycles. The molecule has 1 saturated heterocycles. The van der Waals surface area contributed by atoms with Crippen molar-refractivity contribution in [1.82, 2.24) is 24.7 Å². The highest BCUT2D eigenvalue weighted by Crippen LogP contribution is 2.37. The predicted octanol–water partition coefficient (Wildman–Crippen LogP) is 3.50. The van der Waals surface area contributed by atoms with Crippen molar-refractivity contribution in [3.8, 4) is 0 Å². The van der Waals surface area contributed by atoms with Crippen LogP contribution in [0.25, 0.3) is 0 Å². The molecule has 2 aromatic rings. The first kappa shape index (κ1) is 21.1. The summed E-state index contributed by atoms with van der Waals surface area (Å²) in [6.07, 6.45) is 6.89. The third-order valence-electron chi connectivity index (χ3n) is 4.47. The molecule has 0 spiro atoms. The van der Waals surface area contributed by atoms with Crippen LogP contribution >= 0.6 is 23.1 Å². The van der Waals surface area contributed by atoms with E-state index in [2.05, 4.69) is 22.1 Å². The number of unbranched alkanes of at least 4 members (excludes halogenated alkanes) is 3. The molecule has 1 aliphatic rings. The van der Waals surface area contributed by atoms with Gasteiger partial charge < -0.3 is 9.94 Å². The van der Waals surface area contributed by atoms with Crippen molar-refractivity contribution >= 4 is 34.2 Å².